The summed E-state index contributed by atoms with van der Waals surface area (Å²) >= 11 is 6.11. The third kappa shape index (κ3) is 2.60. The average Bonchev–Trinajstić information content (AvgIpc) is 2.84. The van der Waals surface area contributed by atoms with Gasteiger partial charge in [0.15, 0.2) is 0 Å². The molecule has 0 aliphatic heterocycles. The number of ether oxygens (including phenoxy) is 2. The van der Waals surface area contributed by atoms with E-state index >= 15 is 0 Å². The Labute approximate surface area is 119 Å². The van der Waals surface area contributed by atoms with E-state index < -0.39 is 11.9 Å². The lowest BCUT2D eigenvalue weighted by molar-refractivity contribution is 0.0489. The van der Waals surface area contributed by atoms with E-state index in [4.69, 9.17) is 25.5 Å². The Morgan fingerprint density at radius 2 is 1.90 bits per heavy atom. The van der Waals surface area contributed by atoms with Crippen LogP contribution >= 0.6 is 11.6 Å². The smallest absolute Gasteiger partial charge is 0.374 e. The molecule has 0 saturated carbocycles. The standard InChI is InChI=1S/C13H12ClNO5/c1-3-18-12(16)8-6-15-11-7(10(8)14)5-9(20-11)13(17)19-4-2/h5-6H,3-4H2,1-2H3. The molecule has 0 unspecified atom stereocenters. The van der Waals surface area contributed by atoms with E-state index in [0.717, 1.165) is 0 Å². The summed E-state index contributed by atoms with van der Waals surface area (Å²) in [7, 11) is 0. The molecule has 0 radical (unpaired) electrons. The first-order chi connectivity index (χ1) is 9.58. The molecular weight excluding hydrogens is 286 g/mol. The van der Waals surface area contributed by atoms with E-state index in [1.54, 1.807) is 13.8 Å². The Bertz CT molecular complexity index is 664. The molecule has 0 aromatic carbocycles. The number of carbonyl (C=O) groups excluding carboxylic acids is 2. The van der Waals surface area contributed by atoms with Gasteiger partial charge in [-0.15, -0.1) is 0 Å². The minimum atomic E-state index is -0.612. The molecule has 0 aliphatic carbocycles. The van der Waals surface area contributed by atoms with Crippen molar-refractivity contribution in [2.45, 2.75) is 13.8 Å². The molecule has 0 saturated heterocycles. The summed E-state index contributed by atoms with van der Waals surface area (Å²) < 4.78 is 14.9. The van der Waals surface area contributed by atoms with Gasteiger partial charge in [-0.3, -0.25) is 0 Å². The van der Waals surface area contributed by atoms with Crippen LogP contribution in [-0.4, -0.2) is 30.1 Å². The second-order valence-electron chi connectivity index (χ2n) is 3.76. The summed E-state index contributed by atoms with van der Waals surface area (Å²) in [5.74, 6) is -1.21. The maximum Gasteiger partial charge on any atom is 0.374 e. The summed E-state index contributed by atoms with van der Waals surface area (Å²) in [5.41, 5.74) is 0.281. The van der Waals surface area contributed by atoms with Crippen LogP contribution in [0.4, 0.5) is 0 Å². The van der Waals surface area contributed by atoms with Crippen molar-refractivity contribution in [3.63, 3.8) is 0 Å². The van der Waals surface area contributed by atoms with Crippen molar-refractivity contribution >= 4 is 34.6 Å². The first kappa shape index (κ1) is 14.3. The van der Waals surface area contributed by atoms with Crippen molar-refractivity contribution in [1.82, 2.24) is 4.98 Å². The monoisotopic (exact) mass is 297 g/mol. The van der Waals surface area contributed by atoms with E-state index in [0.29, 0.717) is 5.39 Å². The van der Waals surface area contributed by atoms with Crippen LogP contribution in [0.3, 0.4) is 0 Å². The Kier molecular flexibility index (Phi) is 4.24. The summed E-state index contributed by atoms with van der Waals surface area (Å²) in [6.45, 7) is 3.83. The van der Waals surface area contributed by atoms with Gasteiger partial charge in [0.25, 0.3) is 0 Å². The third-order valence-corrected chi connectivity index (χ3v) is 2.88. The molecule has 0 N–H and O–H groups in total. The molecule has 0 fully saturated rings. The Morgan fingerprint density at radius 1 is 1.25 bits per heavy atom. The molecule has 7 heteroatoms. The van der Waals surface area contributed by atoms with E-state index in [1.807, 2.05) is 0 Å². The zero-order valence-corrected chi connectivity index (χ0v) is 11.7. The van der Waals surface area contributed by atoms with Crippen LogP contribution in [0.1, 0.15) is 34.8 Å². The molecular formula is C13H12ClNO5. The first-order valence-corrected chi connectivity index (χ1v) is 6.38. The molecule has 0 atom stereocenters. The van der Waals surface area contributed by atoms with Gasteiger partial charge in [0.05, 0.1) is 29.2 Å². The van der Waals surface area contributed by atoms with Gasteiger partial charge >= 0.3 is 11.9 Å². The van der Waals surface area contributed by atoms with Crippen molar-refractivity contribution in [3.8, 4) is 0 Å². The lowest BCUT2D eigenvalue weighted by Gasteiger charge is -2.03. The van der Waals surface area contributed by atoms with Crippen LogP contribution in [0.2, 0.25) is 5.02 Å². The molecule has 106 valence electrons. The van der Waals surface area contributed by atoms with Crippen LogP contribution in [0.15, 0.2) is 16.7 Å². The quantitative estimate of drug-likeness (QED) is 0.807. The van der Waals surface area contributed by atoms with Crippen molar-refractivity contribution < 1.29 is 23.5 Å². The van der Waals surface area contributed by atoms with Crippen molar-refractivity contribution in [3.05, 3.63) is 28.6 Å². The van der Waals surface area contributed by atoms with E-state index in [-0.39, 0.29) is 35.3 Å². The Morgan fingerprint density at radius 3 is 2.55 bits per heavy atom. The zero-order chi connectivity index (χ0) is 14.7. The van der Waals surface area contributed by atoms with Crippen LogP contribution < -0.4 is 0 Å². The number of rotatable bonds is 4. The van der Waals surface area contributed by atoms with Crippen LogP contribution in [0.5, 0.6) is 0 Å². The lowest BCUT2D eigenvalue weighted by Crippen LogP contribution is -2.05. The summed E-state index contributed by atoms with van der Waals surface area (Å²) in [5, 5.41) is 0.494. The number of pyridine rings is 1. The van der Waals surface area contributed by atoms with Gasteiger partial charge in [0.1, 0.15) is 0 Å². The molecule has 0 spiro atoms. The normalized spacial score (nSPS) is 10.6. The third-order valence-electron chi connectivity index (χ3n) is 2.47. The van der Waals surface area contributed by atoms with Gasteiger partial charge in [0.2, 0.25) is 11.5 Å². The summed E-state index contributed by atoms with van der Waals surface area (Å²) in [6.07, 6.45) is 1.25. The number of hydrogen-bond donors (Lipinski definition) is 0. The van der Waals surface area contributed by atoms with Gasteiger partial charge in [-0.2, -0.15) is 0 Å². The number of aromatic nitrogens is 1. The predicted octanol–water partition coefficient (Wildman–Crippen LogP) is 2.83. The fraction of sp³-hybridized carbons (Fsp3) is 0.308. The van der Waals surface area contributed by atoms with Gasteiger partial charge in [0, 0.05) is 12.3 Å². The van der Waals surface area contributed by atoms with Gasteiger partial charge in [-0.05, 0) is 13.8 Å². The Hall–Kier alpha value is -2.08. The minimum absolute atomic E-state index is 0.0164. The van der Waals surface area contributed by atoms with Crippen molar-refractivity contribution in [2.24, 2.45) is 0 Å². The number of furan rings is 1. The molecule has 0 amide bonds. The molecule has 2 aromatic rings. The molecule has 2 rings (SSSR count). The number of fused-ring (bicyclic) bond motifs is 1. The van der Waals surface area contributed by atoms with Crippen molar-refractivity contribution in [2.75, 3.05) is 13.2 Å². The maximum atomic E-state index is 11.7. The number of hydrogen-bond acceptors (Lipinski definition) is 6. The Balaban J connectivity index is 2.45. The maximum absolute atomic E-state index is 11.7. The minimum Gasteiger partial charge on any atom is -0.462 e. The molecule has 2 heterocycles. The molecule has 20 heavy (non-hydrogen) atoms. The molecule has 0 aliphatic rings. The SMILES string of the molecule is CCOC(=O)c1cc2c(Cl)c(C(=O)OCC)cnc2o1. The highest BCUT2D eigenvalue weighted by atomic mass is 35.5. The summed E-state index contributed by atoms with van der Waals surface area (Å²) in [4.78, 5) is 27.2. The fourth-order valence-corrected chi connectivity index (χ4v) is 1.87. The average molecular weight is 298 g/mol. The highest BCUT2D eigenvalue weighted by Gasteiger charge is 2.20. The summed E-state index contributed by atoms with van der Waals surface area (Å²) in [6, 6.07) is 1.39. The van der Waals surface area contributed by atoms with Gasteiger partial charge in [-0.1, -0.05) is 11.6 Å². The number of halogens is 1. The van der Waals surface area contributed by atoms with E-state index in [9.17, 15) is 9.59 Å². The van der Waals surface area contributed by atoms with Gasteiger partial charge in [-0.25, -0.2) is 14.6 Å². The second kappa shape index (κ2) is 5.92. The van der Waals surface area contributed by atoms with E-state index in [1.165, 1.54) is 12.3 Å². The predicted molar refractivity (Wildman–Crippen MR) is 70.9 cm³/mol. The van der Waals surface area contributed by atoms with Crippen LogP contribution in [-0.2, 0) is 9.47 Å². The number of esters is 2. The molecule has 2 aromatic heterocycles. The topological polar surface area (TPSA) is 78.6 Å². The van der Waals surface area contributed by atoms with Crippen LogP contribution in [0.25, 0.3) is 11.1 Å². The van der Waals surface area contributed by atoms with E-state index in [2.05, 4.69) is 4.98 Å². The highest BCUT2D eigenvalue weighted by molar-refractivity contribution is 6.38. The lowest BCUT2D eigenvalue weighted by atomic mass is 10.2. The number of nitrogens with zero attached hydrogens (tertiary/aromatic N) is 1. The number of carbonyl (C=O) groups is 2. The van der Waals surface area contributed by atoms with Crippen molar-refractivity contribution in [1.29, 1.82) is 0 Å². The molecule has 6 nitrogen and oxygen atoms in total. The largest absolute Gasteiger partial charge is 0.462 e. The zero-order valence-electron chi connectivity index (χ0n) is 10.9. The highest BCUT2D eigenvalue weighted by Crippen LogP contribution is 2.29. The fourth-order valence-electron chi connectivity index (χ4n) is 1.61. The first-order valence-electron chi connectivity index (χ1n) is 6.00. The second-order valence-corrected chi connectivity index (χ2v) is 4.13. The molecule has 0 bridgehead atoms. The van der Waals surface area contributed by atoms with Crippen LogP contribution in [0, 0.1) is 0 Å². The van der Waals surface area contributed by atoms with Gasteiger partial charge < -0.3 is 13.9 Å².